The Morgan fingerprint density at radius 3 is 1.12 bits per heavy atom. The lowest BCUT2D eigenvalue weighted by molar-refractivity contribution is 0.492. The standard InChI is InChI=1S/C32H42BrP/c33-34-28-20-9-7-5-3-1-2-4-6-8-19-27-32(29-21-13-10-14-22-29,30-23-15-11-16-24-30)31-25-17-12-18-26-31/h10-18,21-26,34H,1-9,19-20,27-28H2. The lowest BCUT2D eigenvalue weighted by Crippen LogP contribution is -2.29. The molecule has 0 heterocycles. The largest absolute Gasteiger partial charge is 0.0642 e. The quantitative estimate of drug-likeness (QED) is 0.0913. The van der Waals surface area contributed by atoms with Crippen LogP contribution in [0.15, 0.2) is 91.0 Å². The van der Waals surface area contributed by atoms with Gasteiger partial charge < -0.3 is 0 Å². The van der Waals surface area contributed by atoms with E-state index in [4.69, 9.17) is 0 Å². The van der Waals surface area contributed by atoms with Gasteiger partial charge >= 0.3 is 0 Å². The average Bonchev–Trinajstić information content (AvgIpc) is 2.91. The molecule has 2 heteroatoms. The highest BCUT2D eigenvalue weighted by atomic mass is 79.9. The lowest BCUT2D eigenvalue weighted by Gasteiger charge is -2.36. The van der Waals surface area contributed by atoms with E-state index in [2.05, 4.69) is 106 Å². The molecule has 0 spiro atoms. The van der Waals surface area contributed by atoms with Gasteiger partial charge in [-0.1, -0.05) is 178 Å². The molecule has 0 saturated carbocycles. The molecule has 0 N–H and O–H groups in total. The van der Waals surface area contributed by atoms with Gasteiger partial charge in [-0.15, -0.1) is 0 Å². The maximum absolute atomic E-state index is 3.55. The van der Waals surface area contributed by atoms with Gasteiger partial charge in [0.05, 0.1) is 0 Å². The Balaban J connectivity index is 1.54. The van der Waals surface area contributed by atoms with Crippen LogP contribution in [0.3, 0.4) is 0 Å². The highest BCUT2D eigenvalue weighted by molar-refractivity contribution is 9.36. The SMILES string of the molecule is BrPCCCCCCCCCCCCCC(c1ccccc1)(c1ccccc1)c1ccccc1. The maximum atomic E-state index is 3.55. The smallest absolute Gasteiger partial charge is 0.0451 e. The molecule has 3 aromatic rings. The summed E-state index contributed by atoms with van der Waals surface area (Å²) in [5, 5.41) is 0. The van der Waals surface area contributed by atoms with Crippen LogP contribution in [-0.2, 0) is 5.41 Å². The van der Waals surface area contributed by atoms with E-state index in [9.17, 15) is 0 Å². The summed E-state index contributed by atoms with van der Waals surface area (Å²) in [6.07, 6.45) is 17.8. The van der Waals surface area contributed by atoms with Crippen LogP contribution in [0.4, 0.5) is 0 Å². The van der Waals surface area contributed by atoms with Crippen LogP contribution in [0.1, 0.15) is 93.7 Å². The van der Waals surface area contributed by atoms with Crippen LogP contribution in [0, 0.1) is 0 Å². The van der Waals surface area contributed by atoms with Crippen molar-refractivity contribution < 1.29 is 0 Å². The van der Waals surface area contributed by atoms with Gasteiger partial charge in [-0.25, -0.2) is 0 Å². The van der Waals surface area contributed by atoms with Crippen molar-refractivity contribution in [2.45, 2.75) is 82.5 Å². The van der Waals surface area contributed by atoms with Crippen LogP contribution in [0.25, 0.3) is 0 Å². The fourth-order valence-electron chi connectivity index (χ4n) is 5.27. The van der Waals surface area contributed by atoms with E-state index in [1.54, 1.807) is 0 Å². The number of unbranched alkanes of at least 4 members (excludes halogenated alkanes) is 10. The summed E-state index contributed by atoms with van der Waals surface area (Å²) in [5.41, 5.74) is 4.14. The molecule has 0 aliphatic carbocycles. The molecule has 3 rings (SSSR count). The van der Waals surface area contributed by atoms with Gasteiger partial charge in [0.15, 0.2) is 0 Å². The van der Waals surface area contributed by atoms with Crippen molar-refractivity contribution >= 4 is 22.8 Å². The number of benzene rings is 3. The number of rotatable bonds is 17. The third kappa shape index (κ3) is 8.35. The predicted octanol–water partition coefficient (Wildman–Crippen LogP) is 10.7. The maximum Gasteiger partial charge on any atom is 0.0451 e. The Kier molecular flexibility index (Phi) is 13.0. The fraction of sp³-hybridized carbons (Fsp3) is 0.438. The third-order valence-electron chi connectivity index (χ3n) is 7.12. The Hall–Kier alpha value is -1.43. The molecule has 0 amide bonds. The van der Waals surface area contributed by atoms with Gasteiger partial charge in [0.2, 0.25) is 0 Å². The Morgan fingerprint density at radius 1 is 0.441 bits per heavy atom. The first-order valence-corrected chi connectivity index (χ1v) is 16.8. The summed E-state index contributed by atoms with van der Waals surface area (Å²) in [4.78, 5) is 0. The second kappa shape index (κ2) is 16.3. The van der Waals surface area contributed by atoms with E-state index >= 15 is 0 Å². The molecule has 1 atom stereocenters. The van der Waals surface area contributed by atoms with E-state index in [0.29, 0.717) is 0 Å². The molecule has 0 radical (unpaired) electrons. The second-order valence-electron chi connectivity index (χ2n) is 9.53. The molecule has 0 bridgehead atoms. The topological polar surface area (TPSA) is 0 Å². The summed E-state index contributed by atoms with van der Waals surface area (Å²) >= 11 is 3.55. The van der Waals surface area contributed by atoms with Gasteiger partial charge in [-0.3, -0.25) is 0 Å². The summed E-state index contributed by atoms with van der Waals surface area (Å²) in [5.74, 6) is 0. The molecule has 0 aliphatic rings. The van der Waals surface area contributed by atoms with E-state index < -0.39 is 0 Å². The lowest BCUT2D eigenvalue weighted by atomic mass is 9.66. The molecule has 0 aromatic heterocycles. The van der Waals surface area contributed by atoms with Crippen molar-refractivity contribution in [3.63, 3.8) is 0 Å². The van der Waals surface area contributed by atoms with E-state index in [1.165, 1.54) is 93.5 Å². The van der Waals surface area contributed by atoms with Crippen molar-refractivity contribution in [2.24, 2.45) is 0 Å². The van der Waals surface area contributed by atoms with Crippen LogP contribution >= 0.6 is 22.8 Å². The monoisotopic (exact) mass is 536 g/mol. The molecule has 34 heavy (non-hydrogen) atoms. The van der Waals surface area contributed by atoms with Gasteiger partial charge in [0.1, 0.15) is 0 Å². The highest BCUT2D eigenvalue weighted by Crippen LogP contribution is 2.43. The molecular formula is C32H42BrP. The van der Waals surface area contributed by atoms with Crippen LogP contribution in [0.5, 0.6) is 0 Å². The van der Waals surface area contributed by atoms with Gasteiger partial charge in [0, 0.05) is 5.41 Å². The number of hydrogen-bond donors (Lipinski definition) is 0. The zero-order valence-corrected chi connectivity index (χ0v) is 23.3. The summed E-state index contributed by atoms with van der Waals surface area (Å²) in [6, 6.07) is 33.5. The molecule has 0 fully saturated rings. The highest BCUT2D eigenvalue weighted by Gasteiger charge is 2.35. The fourth-order valence-corrected chi connectivity index (χ4v) is 6.50. The van der Waals surface area contributed by atoms with Gasteiger partial charge in [-0.2, -0.15) is 0 Å². The first-order chi connectivity index (χ1) is 16.9. The van der Waals surface area contributed by atoms with Gasteiger partial charge in [0.25, 0.3) is 0 Å². The zero-order valence-electron chi connectivity index (χ0n) is 20.7. The van der Waals surface area contributed by atoms with Crippen molar-refractivity contribution in [1.29, 1.82) is 0 Å². The first kappa shape index (κ1) is 27.2. The van der Waals surface area contributed by atoms with E-state index in [0.717, 1.165) is 13.7 Å². The Labute approximate surface area is 218 Å². The Bertz CT molecular complexity index is 782. The molecule has 0 saturated heterocycles. The van der Waals surface area contributed by atoms with Crippen LogP contribution in [0.2, 0.25) is 0 Å². The molecule has 3 aromatic carbocycles. The van der Waals surface area contributed by atoms with E-state index in [-0.39, 0.29) is 5.41 Å². The zero-order chi connectivity index (χ0) is 23.7. The molecule has 1 unspecified atom stereocenters. The summed E-state index contributed by atoms with van der Waals surface area (Å²) in [7, 11) is 0.953. The molecule has 0 nitrogen and oxygen atoms in total. The van der Waals surface area contributed by atoms with Crippen molar-refractivity contribution in [3.8, 4) is 0 Å². The second-order valence-corrected chi connectivity index (χ2v) is 12.0. The van der Waals surface area contributed by atoms with Crippen molar-refractivity contribution in [3.05, 3.63) is 108 Å². The molecule has 0 aliphatic heterocycles. The van der Waals surface area contributed by atoms with Crippen LogP contribution in [-0.4, -0.2) is 6.16 Å². The number of halogens is 1. The number of hydrogen-bond acceptors (Lipinski definition) is 0. The van der Waals surface area contributed by atoms with Crippen LogP contribution < -0.4 is 0 Å². The minimum Gasteiger partial charge on any atom is -0.0642 e. The first-order valence-electron chi connectivity index (χ1n) is 13.4. The van der Waals surface area contributed by atoms with Crippen molar-refractivity contribution in [2.75, 3.05) is 6.16 Å². The average molecular weight is 538 g/mol. The summed E-state index contributed by atoms with van der Waals surface area (Å²) < 4.78 is 0. The van der Waals surface area contributed by atoms with Gasteiger partial charge in [-0.05, 0) is 35.7 Å². The minimum atomic E-state index is -0.0842. The van der Waals surface area contributed by atoms with Crippen molar-refractivity contribution in [1.82, 2.24) is 0 Å². The predicted molar refractivity (Wildman–Crippen MR) is 157 cm³/mol. The third-order valence-corrected chi connectivity index (χ3v) is 8.85. The Morgan fingerprint density at radius 2 is 0.765 bits per heavy atom. The molecular weight excluding hydrogens is 495 g/mol. The van der Waals surface area contributed by atoms with E-state index in [1.807, 2.05) is 0 Å². The molecule has 182 valence electrons. The normalized spacial score (nSPS) is 11.9. The minimum absolute atomic E-state index is 0.0842. The summed E-state index contributed by atoms with van der Waals surface area (Å²) in [6.45, 7) is 0.